The molecule has 2 saturated carbocycles. The van der Waals surface area contributed by atoms with Crippen molar-refractivity contribution < 1.29 is 4.79 Å². The lowest BCUT2D eigenvalue weighted by Crippen LogP contribution is -2.45. The molecule has 4 atom stereocenters. The van der Waals surface area contributed by atoms with Crippen LogP contribution in [0.15, 0.2) is 0 Å². The highest BCUT2D eigenvalue weighted by atomic mass is 16.2. The first kappa shape index (κ1) is 7.80. The molecular weight excluding hydrogens is 164 g/mol. The van der Waals surface area contributed by atoms with Crippen molar-refractivity contribution in [3.8, 4) is 0 Å². The molecule has 0 bridgehead atoms. The Kier molecular flexibility index (Phi) is 1.36. The highest BCUT2D eigenvalue weighted by Crippen LogP contribution is 2.61. The Balaban J connectivity index is 1.91. The maximum atomic E-state index is 11.4. The Labute approximate surface area is 78.1 Å². The summed E-state index contributed by atoms with van der Waals surface area (Å²) in [5.74, 6) is 1.73. The second-order valence-electron chi connectivity index (χ2n) is 4.92. The molecule has 0 radical (unpaired) electrons. The van der Waals surface area contributed by atoms with Crippen LogP contribution in [0.25, 0.3) is 0 Å². The molecule has 1 amide bonds. The van der Waals surface area contributed by atoms with Crippen molar-refractivity contribution >= 4 is 5.91 Å². The lowest BCUT2D eigenvalue weighted by Gasteiger charge is -2.35. The van der Waals surface area contributed by atoms with Gasteiger partial charge < -0.3 is 11.1 Å². The van der Waals surface area contributed by atoms with Gasteiger partial charge in [-0.25, -0.2) is 0 Å². The molecule has 2 aliphatic carbocycles. The molecule has 1 spiro atoms. The predicted molar refractivity (Wildman–Crippen MR) is 48.9 cm³/mol. The van der Waals surface area contributed by atoms with Crippen molar-refractivity contribution in [3.05, 3.63) is 0 Å². The average molecular weight is 180 g/mol. The summed E-state index contributed by atoms with van der Waals surface area (Å²) in [6, 6.07) is -0.220. The first-order valence-corrected chi connectivity index (χ1v) is 5.27. The smallest absolute Gasteiger partial charge is 0.237 e. The largest absolute Gasteiger partial charge is 0.354 e. The Morgan fingerprint density at radius 2 is 2.38 bits per heavy atom. The van der Waals surface area contributed by atoms with E-state index in [0.717, 1.165) is 24.8 Å². The van der Waals surface area contributed by atoms with Crippen molar-refractivity contribution in [1.82, 2.24) is 5.32 Å². The van der Waals surface area contributed by atoms with E-state index in [1.165, 1.54) is 19.3 Å². The van der Waals surface area contributed by atoms with E-state index < -0.39 is 0 Å². The first-order valence-electron chi connectivity index (χ1n) is 5.27. The molecule has 13 heavy (non-hydrogen) atoms. The molecule has 0 aromatic rings. The highest BCUT2D eigenvalue weighted by Gasteiger charge is 2.61. The molecule has 3 rings (SSSR count). The Morgan fingerprint density at radius 3 is 3.08 bits per heavy atom. The van der Waals surface area contributed by atoms with E-state index in [9.17, 15) is 4.79 Å². The van der Waals surface area contributed by atoms with Crippen molar-refractivity contribution in [1.29, 1.82) is 0 Å². The minimum absolute atomic E-state index is 0.0764. The van der Waals surface area contributed by atoms with Gasteiger partial charge in [0.25, 0.3) is 0 Å². The summed E-state index contributed by atoms with van der Waals surface area (Å²) in [6.45, 7) is 0.841. The summed E-state index contributed by atoms with van der Waals surface area (Å²) in [4.78, 5) is 11.4. The Morgan fingerprint density at radius 1 is 1.54 bits per heavy atom. The molecule has 3 fully saturated rings. The van der Waals surface area contributed by atoms with Crippen LogP contribution in [-0.4, -0.2) is 18.5 Å². The van der Waals surface area contributed by atoms with Crippen molar-refractivity contribution in [2.75, 3.05) is 6.54 Å². The molecule has 3 N–H and O–H groups in total. The second-order valence-corrected chi connectivity index (χ2v) is 4.92. The zero-order valence-electron chi connectivity index (χ0n) is 7.75. The topological polar surface area (TPSA) is 55.1 Å². The Hall–Kier alpha value is -0.570. The standard InChI is InChI=1S/C10H16N2O/c11-8-9(13)12-5-10(8)3-1-2-6-4-7(6)10/h6-8H,1-5,11H2,(H,12,13). The van der Waals surface area contributed by atoms with Crippen LogP contribution >= 0.6 is 0 Å². The van der Waals surface area contributed by atoms with E-state index in [4.69, 9.17) is 5.73 Å². The zero-order valence-corrected chi connectivity index (χ0v) is 7.75. The van der Waals surface area contributed by atoms with Gasteiger partial charge in [-0.3, -0.25) is 4.79 Å². The van der Waals surface area contributed by atoms with Crippen molar-refractivity contribution in [3.63, 3.8) is 0 Å². The van der Waals surface area contributed by atoms with Crippen LogP contribution in [0, 0.1) is 17.3 Å². The predicted octanol–water partition coefficient (Wildman–Crippen LogP) is 0.250. The zero-order chi connectivity index (χ0) is 9.05. The summed E-state index contributed by atoms with van der Waals surface area (Å²) in [5.41, 5.74) is 6.15. The van der Waals surface area contributed by atoms with E-state index in [1.807, 2.05) is 0 Å². The molecule has 1 heterocycles. The normalized spacial score (nSPS) is 53.3. The van der Waals surface area contributed by atoms with Crippen LogP contribution in [0.4, 0.5) is 0 Å². The van der Waals surface area contributed by atoms with Crippen LogP contribution in [-0.2, 0) is 4.79 Å². The van der Waals surface area contributed by atoms with Gasteiger partial charge in [0.15, 0.2) is 0 Å². The first-order chi connectivity index (χ1) is 6.24. The van der Waals surface area contributed by atoms with Gasteiger partial charge >= 0.3 is 0 Å². The second kappa shape index (κ2) is 2.27. The molecule has 72 valence electrons. The van der Waals surface area contributed by atoms with E-state index in [2.05, 4.69) is 5.32 Å². The fourth-order valence-electron chi connectivity index (χ4n) is 3.49. The van der Waals surface area contributed by atoms with Crippen LogP contribution in [0.2, 0.25) is 0 Å². The SMILES string of the molecule is NC1C(=O)NCC12CCCC1CC12. The molecular formula is C10H16N2O. The summed E-state index contributed by atoms with van der Waals surface area (Å²) >= 11 is 0. The Bertz CT molecular complexity index is 266. The summed E-state index contributed by atoms with van der Waals surface area (Å²) in [6.07, 6.45) is 5.12. The van der Waals surface area contributed by atoms with E-state index in [0.29, 0.717) is 0 Å². The molecule has 0 aromatic heterocycles. The molecule has 3 aliphatic rings. The van der Waals surface area contributed by atoms with E-state index >= 15 is 0 Å². The lowest BCUT2D eigenvalue weighted by molar-refractivity contribution is -0.121. The van der Waals surface area contributed by atoms with Gasteiger partial charge in [-0.15, -0.1) is 0 Å². The number of amides is 1. The summed E-state index contributed by atoms with van der Waals surface area (Å²) in [7, 11) is 0. The summed E-state index contributed by atoms with van der Waals surface area (Å²) in [5, 5.41) is 2.92. The molecule has 0 aromatic carbocycles. The van der Waals surface area contributed by atoms with Gasteiger partial charge in [-0.1, -0.05) is 12.8 Å². The van der Waals surface area contributed by atoms with Crippen LogP contribution < -0.4 is 11.1 Å². The number of carbonyl (C=O) groups excluding carboxylic acids is 1. The van der Waals surface area contributed by atoms with Gasteiger partial charge in [0.2, 0.25) is 5.91 Å². The van der Waals surface area contributed by atoms with Crippen LogP contribution in [0.3, 0.4) is 0 Å². The maximum absolute atomic E-state index is 11.4. The number of carbonyl (C=O) groups is 1. The third kappa shape index (κ3) is 0.857. The number of hydrogen-bond donors (Lipinski definition) is 2. The van der Waals surface area contributed by atoms with Crippen LogP contribution in [0.5, 0.6) is 0 Å². The lowest BCUT2D eigenvalue weighted by atomic mass is 9.70. The number of rotatable bonds is 0. The van der Waals surface area contributed by atoms with Gasteiger partial charge in [-0.05, 0) is 24.7 Å². The minimum Gasteiger partial charge on any atom is -0.354 e. The maximum Gasteiger partial charge on any atom is 0.237 e. The van der Waals surface area contributed by atoms with Gasteiger partial charge in [0, 0.05) is 12.0 Å². The third-order valence-corrected chi connectivity index (χ3v) is 4.37. The minimum atomic E-state index is -0.220. The molecule has 3 heteroatoms. The molecule has 1 saturated heterocycles. The number of nitrogens with two attached hydrogens (primary N) is 1. The monoisotopic (exact) mass is 180 g/mol. The fourth-order valence-corrected chi connectivity index (χ4v) is 3.49. The van der Waals surface area contributed by atoms with Crippen LogP contribution in [0.1, 0.15) is 25.7 Å². The number of hydrogen-bond acceptors (Lipinski definition) is 2. The summed E-state index contributed by atoms with van der Waals surface area (Å²) < 4.78 is 0. The highest BCUT2D eigenvalue weighted by molar-refractivity contribution is 5.85. The van der Waals surface area contributed by atoms with Gasteiger partial charge in [-0.2, -0.15) is 0 Å². The van der Waals surface area contributed by atoms with E-state index in [-0.39, 0.29) is 17.4 Å². The number of fused-ring (bicyclic) bond motifs is 2. The average Bonchev–Trinajstić information content (AvgIpc) is 2.87. The molecule has 4 unspecified atom stereocenters. The fraction of sp³-hybridized carbons (Fsp3) is 0.900. The molecule has 1 aliphatic heterocycles. The quantitative estimate of drug-likeness (QED) is 0.561. The third-order valence-electron chi connectivity index (χ3n) is 4.37. The van der Waals surface area contributed by atoms with Gasteiger partial charge in [0.05, 0.1) is 6.04 Å². The van der Waals surface area contributed by atoms with Crippen molar-refractivity contribution in [2.45, 2.75) is 31.7 Å². The van der Waals surface area contributed by atoms with Crippen molar-refractivity contribution in [2.24, 2.45) is 23.0 Å². The molecule has 3 nitrogen and oxygen atoms in total. The number of nitrogens with one attached hydrogen (secondary N) is 1. The van der Waals surface area contributed by atoms with Gasteiger partial charge in [0.1, 0.15) is 0 Å². The van der Waals surface area contributed by atoms with E-state index in [1.54, 1.807) is 0 Å².